The van der Waals surface area contributed by atoms with Gasteiger partial charge in [-0.15, -0.1) is 0 Å². The Balaban J connectivity index is 1.97. The van der Waals surface area contributed by atoms with E-state index in [4.69, 9.17) is 4.43 Å². The van der Waals surface area contributed by atoms with Crippen molar-refractivity contribution in [3.05, 3.63) is 34.4 Å². The first-order valence-corrected chi connectivity index (χ1v) is 17.8. The van der Waals surface area contributed by atoms with Gasteiger partial charge in [0, 0.05) is 24.4 Å². The third kappa shape index (κ3) is 3.82. The van der Waals surface area contributed by atoms with Crippen LogP contribution in [0.4, 0.5) is 5.69 Å². The Labute approximate surface area is 216 Å². The fraction of sp³-hybridized carbons (Fsp3) is 0.731. The number of para-hydroxylation sites is 1. The van der Waals surface area contributed by atoms with Crippen molar-refractivity contribution in [2.75, 3.05) is 6.54 Å². The number of nitrogens with zero attached hydrogens (tertiary/aromatic N) is 2. The Morgan fingerprint density at radius 3 is 2.42 bits per heavy atom. The highest BCUT2D eigenvalue weighted by Gasteiger charge is 2.75. The molecule has 2 saturated carbocycles. The maximum atomic E-state index is 14.3. The van der Waals surface area contributed by atoms with Crippen LogP contribution in [-0.4, -0.2) is 49.9 Å². The predicted molar refractivity (Wildman–Crippen MR) is 141 cm³/mol. The number of carbonyl (C=O) groups excluding carboxylic acids is 1. The molecule has 1 aliphatic heterocycles. The lowest BCUT2D eigenvalue weighted by Crippen LogP contribution is -2.74. The molecule has 0 amide bonds. The lowest BCUT2D eigenvalue weighted by atomic mass is 9.43. The Kier molecular flexibility index (Phi) is 6.63. The molecule has 0 radical (unpaired) electrons. The fourth-order valence-corrected chi connectivity index (χ4v) is 11.9. The van der Waals surface area contributed by atoms with Crippen molar-refractivity contribution in [1.29, 1.82) is 0 Å². The second-order valence-corrected chi connectivity index (χ2v) is 19.1. The molecule has 0 N–H and O–H groups in total. The van der Waals surface area contributed by atoms with Gasteiger partial charge in [0.05, 0.1) is 16.1 Å². The third-order valence-electron chi connectivity index (χ3n) is 9.43. The molecule has 1 aromatic carbocycles. The number of aldehydes is 1. The molecule has 2 aliphatic carbocycles. The first kappa shape index (κ1) is 27.4. The summed E-state index contributed by atoms with van der Waals surface area (Å²) in [6, 6.07) is 5.51. The molecule has 4 rings (SSSR count). The Hall–Kier alpha value is -1.62. The third-order valence-corrected chi connectivity index (χ3v) is 12.4. The molecule has 0 spiro atoms. The van der Waals surface area contributed by atoms with Crippen molar-refractivity contribution in [1.82, 2.24) is 4.31 Å². The number of nitro groups is 1. The van der Waals surface area contributed by atoms with Crippen molar-refractivity contribution in [2.24, 2.45) is 16.7 Å². The number of fused-ring (bicyclic) bond motifs is 3. The number of carbonyl (C=O) groups is 1. The average Bonchev–Trinajstić information content (AvgIpc) is 3.08. The van der Waals surface area contributed by atoms with Gasteiger partial charge in [0.2, 0.25) is 0 Å². The average molecular weight is 537 g/mol. The van der Waals surface area contributed by atoms with E-state index in [0.717, 1.165) is 32.0 Å². The maximum Gasteiger partial charge on any atom is 0.289 e. The molecule has 8 nitrogen and oxygen atoms in total. The highest BCUT2D eigenvalue weighted by Crippen LogP contribution is 2.70. The van der Waals surface area contributed by atoms with E-state index in [1.165, 1.54) is 28.6 Å². The van der Waals surface area contributed by atoms with Gasteiger partial charge < -0.3 is 9.22 Å². The van der Waals surface area contributed by atoms with Gasteiger partial charge in [-0.05, 0) is 69.1 Å². The molecule has 1 aromatic rings. The summed E-state index contributed by atoms with van der Waals surface area (Å²) in [5.74, 6) is 0.323. The quantitative estimate of drug-likeness (QED) is 0.196. The van der Waals surface area contributed by atoms with Gasteiger partial charge in [0.25, 0.3) is 15.7 Å². The first-order valence-electron chi connectivity index (χ1n) is 13.0. The van der Waals surface area contributed by atoms with Crippen molar-refractivity contribution < 1.29 is 22.6 Å². The van der Waals surface area contributed by atoms with Crippen LogP contribution in [0.2, 0.25) is 19.6 Å². The van der Waals surface area contributed by atoms with Gasteiger partial charge in [-0.1, -0.05) is 39.3 Å². The number of benzene rings is 1. The van der Waals surface area contributed by atoms with Gasteiger partial charge >= 0.3 is 0 Å². The van der Waals surface area contributed by atoms with Crippen molar-refractivity contribution in [3.8, 4) is 0 Å². The lowest BCUT2D eigenvalue weighted by Gasteiger charge is -2.68. The summed E-state index contributed by atoms with van der Waals surface area (Å²) in [5.41, 5.74) is -2.64. The van der Waals surface area contributed by atoms with E-state index in [1.54, 1.807) is 0 Å². The van der Waals surface area contributed by atoms with Crippen LogP contribution >= 0.6 is 0 Å². The number of rotatable bonds is 7. The van der Waals surface area contributed by atoms with E-state index in [9.17, 15) is 23.3 Å². The van der Waals surface area contributed by atoms with Gasteiger partial charge in [-0.3, -0.25) is 10.1 Å². The Bertz CT molecular complexity index is 1170. The van der Waals surface area contributed by atoms with Crippen LogP contribution in [0.3, 0.4) is 0 Å². The highest BCUT2D eigenvalue weighted by molar-refractivity contribution is 7.89. The largest absolute Gasteiger partial charge is 0.410 e. The smallest absolute Gasteiger partial charge is 0.289 e. The monoisotopic (exact) mass is 536 g/mol. The number of sulfonamides is 1. The second kappa shape index (κ2) is 8.71. The minimum atomic E-state index is -4.28. The number of nitro benzene ring substituents is 1. The normalized spacial score (nSPS) is 34.6. The molecule has 10 heteroatoms. The highest BCUT2D eigenvalue weighted by atomic mass is 32.2. The minimum Gasteiger partial charge on any atom is -0.410 e. The molecule has 4 atom stereocenters. The van der Waals surface area contributed by atoms with Crippen LogP contribution in [0.5, 0.6) is 0 Å². The number of hydrogen-bond donors (Lipinski definition) is 0. The maximum absolute atomic E-state index is 14.3. The van der Waals surface area contributed by atoms with E-state index in [-0.39, 0.29) is 28.7 Å². The minimum absolute atomic E-state index is 0.0140. The molecule has 36 heavy (non-hydrogen) atoms. The number of hydrogen-bond acceptors (Lipinski definition) is 6. The summed E-state index contributed by atoms with van der Waals surface area (Å²) in [7, 11) is -6.51. The summed E-state index contributed by atoms with van der Waals surface area (Å²) in [6.45, 7) is 13.4. The summed E-state index contributed by atoms with van der Waals surface area (Å²) in [5, 5.41) is 11.8. The summed E-state index contributed by atoms with van der Waals surface area (Å²) in [6.07, 6.45) is 5.64. The van der Waals surface area contributed by atoms with Crippen LogP contribution in [0.25, 0.3) is 0 Å². The van der Waals surface area contributed by atoms with Gasteiger partial charge in [-0.2, -0.15) is 4.31 Å². The van der Waals surface area contributed by atoms with Gasteiger partial charge in [-0.25, -0.2) is 8.42 Å². The van der Waals surface area contributed by atoms with Crippen molar-refractivity contribution in [3.63, 3.8) is 0 Å². The molecule has 0 bridgehead atoms. The van der Waals surface area contributed by atoms with E-state index < -0.39 is 40.1 Å². The zero-order valence-electron chi connectivity index (χ0n) is 22.4. The van der Waals surface area contributed by atoms with Crippen molar-refractivity contribution >= 4 is 30.3 Å². The molecule has 3 aliphatic rings. The topological polar surface area (TPSA) is 107 Å². The molecular weight excluding hydrogens is 496 g/mol. The fourth-order valence-electron chi connectivity index (χ4n) is 8.34. The van der Waals surface area contributed by atoms with E-state index in [0.29, 0.717) is 18.8 Å². The summed E-state index contributed by atoms with van der Waals surface area (Å²) < 4.78 is 37.1. The Morgan fingerprint density at radius 2 is 1.81 bits per heavy atom. The molecule has 3 fully saturated rings. The van der Waals surface area contributed by atoms with Crippen LogP contribution < -0.4 is 0 Å². The van der Waals surface area contributed by atoms with Gasteiger partial charge in [0.1, 0.15) is 6.29 Å². The predicted octanol–water partition coefficient (Wildman–Crippen LogP) is 5.53. The summed E-state index contributed by atoms with van der Waals surface area (Å²) >= 11 is 0. The van der Waals surface area contributed by atoms with E-state index in [1.807, 2.05) is 0 Å². The van der Waals surface area contributed by atoms with Crippen LogP contribution in [0.1, 0.15) is 65.7 Å². The van der Waals surface area contributed by atoms with Crippen molar-refractivity contribution in [2.45, 2.75) is 101 Å². The van der Waals surface area contributed by atoms with Crippen LogP contribution in [-0.2, 0) is 19.2 Å². The summed E-state index contributed by atoms with van der Waals surface area (Å²) in [4.78, 5) is 23.1. The molecule has 200 valence electrons. The molecule has 0 unspecified atom stereocenters. The zero-order valence-corrected chi connectivity index (χ0v) is 24.2. The van der Waals surface area contributed by atoms with Crippen LogP contribution in [0.15, 0.2) is 29.2 Å². The van der Waals surface area contributed by atoms with E-state index >= 15 is 0 Å². The van der Waals surface area contributed by atoms with Gasteiger partial charge in [0.15, 0.2) is 13.2 Å². The Morgan fingerprint density at radius 1 is 1.14 bits per heavy atom. The first-order chi connectivity index (χ1) is 16.6. The van der Waals surface area contributed by atoms with E-state index in [2.05, 4.69) is 40.4 Å². The zero-order chi connectivity index (χ0) is 26.8. The SMILES string of the molecule is CC1(C)CCC[C@@]2(C)[C@H]1CC[C@@]1(CC=O)N(S(=O)(=O)c3ccccc3[N+](=O)[O-])CC[C@]12O[Si](C)(C)C. The molecular formula is C26H40N2O6SSi. The lowest BCUT2D eigenvalue weighted by molar-refractivity contribution is -0.387. The standard InChI is InChI=1S/C26H40N2O6SSi/c1-23(2)13-9-14-24(3)22(23)12-15-25(17-19-29)26(24,34-36(4,5)6)16-18-27(25)35(32,33)21-11-8-7-10-20(21)28(30)31/h7-8,10-11,19,22H,9,12-18H2,1-6H3/t22-,24-,25-,26+/m0/s1. The molecule has 1 saturated heterocycles. The second-order valence-electron chi connectivity index (χ2n) is 12.8. The van der Waals surface area contributed by atoms with Crippen LogP contribution in [0, 0.1) is 26.9 Å². The molecule has 1 heterocycles. The molecule has 0 aromatic heterocycles.